The van der Waals surface area contributed by atoms with Crippen molar-refractivity contribution in [3.05, 3.63) is 0 Å². The van der Waals surface area contributed by atoms with E-state index >= 15 is 0 Å². The van der Waals surface area contributed by atoms with Crippen molar-refractivity contribution in [3.63, 3.8) is 0 Å². The molecule has 1 unspecified atom stereocenters. The predicted molar refractivity (Wildman–Crippen MR) is 72.2 cm³/mol. The third-order valence-corrected chi connectivity index (χ3v) is 2.93. The first kappa shape index (κ1) is 16.9. The largest absolute Gasteiger partial charge is 0.463 e. The molecule has 0 aromatic carbocycles. The molecule has 0 aliphatic rings. The lowest BCUT2D eigenvalue weighted by Crippen LogP contribution is -2.22. The average Bonchev–Trinajstić information content (AvgIpc) is 2.34. The molecular formula is C14H27NO3. The van der Waals surface area contributed by atoms with Crippen LogP contribution in [0, 0.1) is 0 Å². The number of carbonyl (C=O) groups excluding carboxylic acids is 2. The predicted octanol–water partition coefficient (Wildman–Crippen LogP) is 2.80. The first-order chi connectivity index (χ1) is 8.60. The van der Waals surface area contributed by atoms with E-state index in [1.807, 2.05) is 0 Å². The molecule has 0 aromatic rings. The first-order valence-corrected chi connectivity index (χ1v) is 6.98. The standard InChI is InChI=1S/C14H27NO3/c1-4-5-6-7-8-9-13(18-12(2)16)10-11-14(17)15-3/h13H,4-11H2,1-3H3,(H,15,17). The summed E-state index contributed by atoms with van der Waals surface area (Å²) in [6.45, 7) is 3.61. The molecule has 0 spiro atoms. The van der Waals surface area contributed by atoms with E-state index in [1.165, 1.54) is 32.6 Å². The minimum atomic E-state index is -0.259. The Morgan fingerprint density at radius 1 is 1.11 bits per heavy atom. The number of carbonyl (C=O) groups is 2. The van der Waals surface area contributed by atoms with E-state index in [2.05, 4.69) is 12.2 Å². The lowest BCUT2D eigenvalue weighted by atomic mass is 10.0. The monoisotopic (exact) mass is 257 g/mol. The minimum absolute atomic E-state index is 0.00173. The summed E-state index contributed by atoms with van der Waals surface area (Å²) >= 11 is 0. The van der Waals surface area contributed by atoms with Gasteiger partial charge in [0.25, 0.3) is 0 Å². The smallest absolute Gasteiger partial charge is 0.302 e. The maximum Gasteiger partial charge on any atom is 0.302 e. The Kier molecular flexibility index (Phi) is 10.4. The highest BCUT2D eigenvalue weighted by atomic mass is 16.5. The van der Waals surface area contributed by atoms with Crippen LogP contribution in [0.5, 0.6) is 0 Å². The fraction of sp³-hybridized carbons (Fsp3) is 0.857. The molecule has 0 aliphatic heterocycles. The van der Waals surface area contributed by atoms with Crippen molar-refractivity contribution in [1.82, 2.24) is 5.32 Å². The van der Waals surface area contributed by atoms with E-state index in [0.717, 1.165) is 12.8 Å². The number of unbranched alkanes of at least 4 members (excludes halogenated alkanes) is 4. The van der Waals surface area contributed by atoms with Crippen LogP contribution in [0.3, 0.4) is 0 Å². The molecule has 0 radical (unpaired) electrons. The summed E-state index contributed by atoms with van der Waals surface area (Å²) in [6.07, 6.45) is 7.74. The van der Waals surface area contributed by atoms with Crippen molar-refractivity contribution in [2.24, 2.45) is 0 Å². The third kappa shape index (κ3) is 10.1. The van der Waals surface area contributed by atoms with Crippen LogP contribution in [0.25, 0.3) is 0 Å². The summed E-state index contributed by atoms with van der Waals surface area (Å²) in [7, 11) is 1.62. The van der Waals surface area contributed by atoms with Crippen molar-refractivity contribution in [1.29, 1.82) is 0 Å². The number of ether oxygens (including phenoxy) is 1. The fourth-order valence-electron chi connectivity index (χ4n) is 1.89. The summed E-state index contributed by atoms with van der Waals surface area (Å²) in [4.78, 5) is 22.1. The molecule has 0 saturated carbocycles. The van der Waals surface area contributed by atoms with Crippen LogP contribution >= 0.6 is 0 Å². The molecular weight excluding hydrogens is 230 g/mol. The molecule has 0 rings (SSSR count). The van der Waals surface area contributed by atoms with Gasteiger partial charge in [-0.25, -0.2) is 0 Å². The third-order valence-electron chi connectivity index (χ3n) is 2.93. The highest BCUT2D eigenvalue weighted by Gasteiger charge is 2.13. The van der Waals surface area contributed by atoms with Crippen molar-refractivity contribution in [2.45, 2.75) is 71.3 Å². The summed E-state index contributed by atoms with van der Waals surface area (Å²) in [5.41, 5.74) is 0. The second kappa shape index (κ2) is 11.1. The number of hydrogen-bond acceptors (Lipinski definition) is 3. The molecule has 0 aromatic heterocycles. The molecule has 0 aliphatic carbocycles. The van der Waals surface area contributed by atoms with Gasteiger partial charge in [0.1, 0.15) is 6.10 Å². The van der Waals surface area contributed by atoms with E-state index in [-0.39, 0.29) is 18.0 Å². The molecule has 0 heterocycles. The Balaban J connectivity index is 3.84. The number of rotatable bonds is 10. The van der Waals surface area contributed by atoms with Gasteiger partial charge in [0.15, 0.2) is 0 Å². The Bertz CT molecular complexity index is 241. The van der Waals surface area contributed by atoms with Crippen LogP contribution in [0.15, 0.2) is 0 Å². The van der Waals surface area contributed by atoms with Crippen LogP contribution in [-0.2, 0) is 14.3 Å². The second-order valence-electron chi connectivity index (χ2n) is 4.65. The summed E-state index contributed by atoms with van der Waals surface area (Å²) < 4.78 is 5.23. The van der Waals surface area contributed by atoms with Crippen LogP contribution < -0.4 is 5.32 Å². The van der Waals surface area contributed by atoms with Crippen LogP contribution in [0.1, 0.15) is 65.2 Å². The number of esters is 1. The van der Waals surface area contributed by atoms with Gasteiger partial charge in [0, 0.05) is 20.4 Å². The Hall–Kier alpha value is -1.06. The zero-order valence-electron chi connectivity index (χ0n) is 12.0. The molecule has 0 fully saturated rings. The van der Waals surface area contributed by atoms with Crippen LogP contribution in [0.2, 0.25) is 0 Å². The summed E-state index contributed by atoms with van der Waals surface area (Å²) in [5.74, 6) is -0.261. The van der Waals surface area contributed by atoms with E-state index in [0.29, 0.717) is 12.8 Å². The van der Waals surface area contributed by atoms with Crippen molar-refractivity contribution in [3.8, 4) is 0 Å². The fourth-order valence-corrected chi connectivity index (χ4v) is 1.89. The van der Waals surface area contributed by atoms with Gasteiger partial charge in [0.2, 0.25) is 5.91 Å². The topological polar surface area (TPSA) is 55.4 Å². The van der Waals surface area contributed by atoms with Crippen LogP contribution in [-0.4, -0.2) is 25.0 Å². The molecule has 1 amide bonds. The number of hydrogen-bond donors (Lipinski definition) is 1. The molecule has 4 nitrogen and oxygen atoms in total. The van der Waals surface area contributed by atoms with Gasteiger partial charge < -0.3 is 10.1 Å². The Morgan fingerprint density at radius 2 is 1.78 bits per heavy atom. The first-order valence-electron chi connectivity index (χ1n) is 6.98. The molecule has 106 valence electrons. The molecule has 18 heavy (non-hydrogen) atoms. The second-order valence-corrected chi connectivity index (χ2v) is 4.65. The van der Waals surface area contributed by atoms with E-state index in [4.69, 9.17) is 4.74 Å². The highest BCUT2D eigenvalue weighted by molar-refractivity contribution is 5.75. The van der Waals surface area contributed by atoms with E-state index < -0.39 is 0 Å². The lowest BCUT2D eigenvalue weighted by molar-refractivity contribution is -0.147. The number of amides is 1. The highest BCUT2D eigenvalue weighted by Crippen LogP contribution is 2.13. The van der Waals surface area contributed by atoms with Crippen LogP contribution in [0.4, 0.5) is 0 Å². The molecule has 0 saturated heterocycles. The van der Waals surface area contributed by atoms with Crippen molar-refractivity contribution in [2.75, 3.05) is 7.05 Å². The quantitative estimate of drug-likeness (QED) is 0.483. The zero-order chi connectivity index (χ0) is 13.8. The van der Waals surface area contributed by atoms with Crippen molar-refractivity contribution < 1.29 is 14.3 Å². The van der Waals surface area contributed by atoms with Gasteiger partial charge in [0.05, 0.1) is 0 Å². The Morgan fingerprint density at radius 3 is 2.33 bits per heavy atom. The Labute approximate surface area is 110 Å². The van der Waals surface area contributed by atoms with Gasteiger partial charge in [-0.05, 0) is 19.3 Å². The van der Waals surface area contributed by atoms with Gasteiger partial charge in [-0.3, -0.25) is 9.59 Å². The lowest BCUT2D eigenvalue weighted by Gasteiger charge is -2.16. The minimum Gasteiger partial charge on any atom is -0.463 e. The van der Waals surface area contributed by atoms with E-state index in [1.54, 1.807) is 7.05 Å². The van der Waals surface area contributed by atoms with Gasteiger partial charge >= 0.3 is 5.97 Å². The van der Waals surface area contributed by atoms with Gasteiger partial charge in [-0.1, -0.05) is 32.6 Å². The SMILES string of the molecule is CCCCCCCC(CCC(=O)NC)OC(C)=O. The normalized spacial score (nSPS) is 11.9. The summed E-state index contributed by atoms with van der Waals surface area (Å²) in [5, 5.41) is 2.58. The van der Waals surface area contributed by atoms with Gasteiger partial charge in [-0.15, -0.1) is 0 Å². The maximum absolute atomic E-state index is 11.2. The van der Waals surface area contributed by atoms with Gasteiger partial charge in [-0.2, -0.15) is 0 Å². The number of nitrogens with one attached hydrogen (secondary N) is 1. The molecule has 1 atom stereocenters. The van der Waals surface area contributed by atoms with Crippen molar-refractivity contribution >= 4 is 11.9 Å². The molecule has 4 heteroatoms. The molecule has 1 N–H and O–H groups in total. The maximum atomic E-state index is 11.2. The summed E-state index contributed by atoms with van der Waals surface area (Å²) in [6, 6.07) is 0. The molecule has 0 bridgehead atoms. The van der Waals surface area contributed by atoms with E-state index in [9.17, 15) is 9.59 Å². The zero-order valence-corrected chi connectivity index (χ0v) is 12.0. The average molecular weight is 257 g/mol.